The van der Waals surface area contributed by atoms with Crippen molar-refractivity contribution in [3.05, 3.63) is 24.3 Å². The molecular weight excluding hydrogens is 124 g/mol. The van der Waals surface area contributed by atoms with E-state index in [1.165, 1.54) is 0 Å². The van der Waals surface area contributed by atoms with Crippen molar-refractivity contribution in [3.63, 3.8) is 0 Å². The van der Waals surface area contributed by atoms with Crippen molar-refractivity contribution in [3.8, 4) is 0 Å². The Balaban J connectivity index is 3.27. The van der Waals surface area contributed by atoms with Crippen molar-refractivity contribution in [1.29, 1.82) is 0 Å². The van der Waals surface area contributed by atoms with E-state index in [2.05, 4.69) is 6.08 Å². The highest BCUT2D eigenvalue weighted by Crippen LogP contribution is 1.92. The quantitative estimate of drug-likeness (QED) is 0.331. The normalized spacial score (nSPS) is 11.4. The molecule has 0 radical (unpaired) electrons. The summed E-state index contributed by atoms with van der Waals surface area (Å²) in [6, 6.07) is 0. The van der Waals surface area contributed by atoms with Gasteiger partial charge in [0.1, 0.15) is 0 Å². The number of rotatable bonds is 4. The predicted octanol–water partition coefficient (Wildman–Crippen LogP) is 2.49. The minimum atomic E-state index is 0.125. The molecule has 1 nitrogen and oxygen atoms in total. The van der Waals surface area contributed by atoms with Gasteiger partial charge < -0.3 is 0 Å². The smallest absolute Gasteiger partial charge is 0.152 e. The van der Waals surface area contributed by atoms with Gasteiger partial charge in [0.2, 0.25) is 0 Å². The van der Waals surface area contributed by atoms with Crippen LogP contribution in [0.5, 0.6) is 0 Å². The highest BCUT2D eigenvalue weighted by molar-refractivity contribution is 5.87. The zero-order valence-corrected chi connectivity index (χ0v) is 6.63. The molecular formula is C9H14O. The van der Waals surface area contributed by atoms with Gasteiger partial charge in [-0.3, -0.25) is 4.79 Å². The summed E-state index contributed by atoms with van der Waals surface area (Å²) in [7, 11) is 0. The molecule has 0 fully saturated rings. The number of hydrogen-bond acceptors (Lipinski definition) is 1. The average Bonchev–Trinajstić information content (AvgIpc) is 1.87. The van der Waals surface area contributed by atoms with Crippen LogP contribution in [0.1, 0.15) is 26.7 Å². The van der Waals surface area contributed by atoms with Crippen molar-refractivity contribution in [2.45, 2.75) is 26.7 Å². The molecule has 0 bridgehead atoms. The standard InChI is InChI=1S/C9H14O/c1-3-4-5-6-7-8-9(2)10/h3-4,7-8H,5-6H2,1-2H3/b4-3+,8-7+. The molecule has 1 heteroatoms. The summed E-state index contributed by atoms with van der Waals surface area (Å²) in [5.41, 5.74) is 0. The van der Waals surface area contributed by atoms with Crippen LogP contribution in [0.4, 0.5) is 0 Å². The van der Waals surface area contributed by atoms with Crippen molar-refractivity contribution in [2.24, 2.45) is 0 Å². The second-order valence-corrected chi connectivity index (χ2v) is 2.16. The maximum absolute atomic E-state index is 10.4. The second-order valence-electron chi connectivity index (χ2n) is 2.16. The van der Waals surface area contributed by atoms with Gasteiger partial charge in [0.25, 0.3) is 0 Å². The molecule has 0 saturated heterocycles. The van der Waals surface area contributed by atoms with Gasteiger partial charge in [0, 0.05) is 0 Å². The van der Waals surface area contributed by atoms with Gasteiger partial charge in [0.05, 0.1) is 0 Å². The van der Waals surface area contributed by atoms with E-state index >= 15 is 0 Å². The molecule has 0 aromatic carbocycles. The van der Waals surface area contributed by atoms with Crippen LogP contribution in [-0.4, -0.2) is 5.78 Å². The van der Waals surface area contributed by atoms with Crippen molar-refractivity contribution >= 4 is 5.78 Å². The molecule has 0 aliphatic rings. The van der Waals surface area contributed by atoms with E-state index in [1.807, 2.05) is 19.1 Å². The Morgan fingerprint density at radius 1 is 1.30 bits per heavy atom. The summed E-state index contributed by atoms with van der Waals surface area (Å²) in [5.74, 6) is 0.125. The summed E-state index contributed by atoms with van der Waals surface area (Å²) in [4.78, 5) is 10.4. The van der Waals surface area contributed by atoms with Crippen LogP contribution in [0.3, 0.4) is 0 Å². The zero-order chi connectivity index (χ0) is 7.82. The lowest BCUT2D eigenvalue weighted by atomic mass is 10.2. The van der Waals surface area contributed by atoms with Crippen LogP contribution >= 0.6 is 0 Å². The zero-order valence-electron chi connectivity index (χ0n) is 6.63. The maximum Gasteiger partial charge on any atom is 0.152 e. The van der Waals surface area contributed by atoms with Crippen LogP contribution in [0.15, 0.2) is 24.3 Å². The molecule has 0 aliphatic carbocycles. The molecule has 0 saturated carbocycles. The van der Waals surface area contributed by atoms with E-state index in [9.17, 15) is 4.79 Å². The maximum atomic E-state index is 10.4. The highest BCUT2D eigenvalue weighted by atomic mass is 16.1. The fourth-order valence-electron chi connectivity index (χ4n) is 0.608. The predicted molar refractivity (Wildman–Crippen MR) is 43.9 cm³/mol. The number of hydrogen-bond donors (Lipinski definition) is 0. The second kappa shape index (κ2) is 6.27. The number of carbonyl (C=O) groups is 1. The van der Waals surface area contributed by atoms with Gasteiger partial charge in [0.15, 0.2) is 5.78 Å². The van der Waals surface area contributed by atoms with Gasteiger partial charge in [-0.2, -0.15) is 0 Å². The summed E-state index contributed by atoms with van der Waals surface area (Å²) in [6.07, 6.45) is 9.61. The first-order valence-corrected chi connectivity index (χ1v) is 3.55. The largest absolute Gasteiger partial charge is 0.295 e. The molecule has 0 aliphatic heterocycles. The molecule has 0 amide bonds. The average molecular weight is 138 g/mol. The topological polar surface area (TPSA) is 17.1 Å². The monoisotopic (exact) mass is 138 g/mol. The minimum absolute atomic E-state index is 0.125. The Labute approximate surface area is 62.4 Å². The fraction of sp³-hybridized carbons (Fsp3) is 0.444. The van der Waals surface area contributed by atoms with Gasteiger partial charge in [-0.15, -0.1) is 0 Å². The number of unbranched alkanes of at least 4 members (excludes halogenated alkanes) is 1. The van der Waals surface area contributed by atoms with Gasteiger partial charge in [-0.05, 0) is 32.8 Å². The Hall–Kier alpha value is -0.850. The lowest BCUT2D eigenvalue weighted by molar-refractivity contribution is -0.112. The molecule has 0 spiro atoms. The molecule has 0 unspecified atom stereocenters. The first kappa shape index (κ1) is 9.15. The van der Waals surface area contributed by atoms with Crippen LogP contribution in [0.2, 0.25) is 0 Å². The van der Waals surface area contributed by atoms with Gasteiger partial charge in [-0.1, -0.05) is 18.2 Å². The van der Waals surface area contributed by atoms with E-state index in [0.717, 1.165) is 12.8 Å². The highest BCUT2D eigenvalue weighted by Gasteiger charge is 1.79. The third-order valence-electron chi connectivity index (χ3n) is 1.09. The number of ketones is 1. The molecule has 0 heterocycles. The van der Waals surface area contributed by atoms with E-state index < -0.39 is 0 Å². The van der Waals surface area contributed by atoms with Crippen molar-refractivity contribution in [1.82, 2.24) is 0 Å². The summed E-state index contributed by atoms with van der Waals surface area (Å²) < 4.78 is 0. The fourth-order valence-corrected chi connectivity index (χ4v) is 0.608. The summed E-state index contributed by atoms with van der Waals surface area (Å²) in [6.45, 7) is 3.56. The third-order valence-corrected chi connectivity index (χ3v) is 1.09. The molecule has 56 valence electrons. The molecule has 0 atom stereocenters. The first-order valence-electron chi connectivity index (χ1n) is 3.55. The SMILES string of the molecule is C/C=C/CC/C=C/C(C)=O. The van der Waals surface area contributed by atoms with Gasteiger partial charge in [-0.25, -0.2) is 0 Å². The van der Waals surface area contributed by atoms with Gasteiger partial charge >= 0.3 is 0 Å². The molecule has 0 rings (SSSR count). The van der Waals surface area contributed by atoms with E-state index in [1.54, 1.807) is 13.0 Å². The first-order chi connectivity index (χ1) is 4.77. The summed E-state index contributed by atoms with van der Waals surface area (Å²) >= 11 is 0. The van der Waals surface area contributed by atoms with Crippen molar-refractivity contribution in [2.75, 3.05) is 0 Å². The minimum Gasteiger partial charge on any atom is -0.295 e. The Kier molecular flexibility index (Phi) is 5.74. The van der Waals surface area contributed by atoms with Crippen LogP contribution in [0, 0.1) is 0 Å². The number of carbonyl (C=O) groups excluding carboxylic acids is 1. The van der Waals surface area contributed by atoms with Crippen LogP contribution in [0.25, 0.3) is 0 Å². The van der Waals surface area contributed by atoms with Crippen molar-refractivity contribution < 1.29 is 4.79 Å². The Bertz CT molecular complexity index is 143. The van der Waals surface area contributed by atoms with E-state index in [4.69, 9.17) is 0 Å². The Morgan fingerprint density at radius 3 is 2.40 bits per heavy atom. The van der Waals surface area contributed by atoms with E-state index in [-0.39, 0.29) is 5.78 Å². The molecule has 0 N–H and O–H groups in total. The molecule has 0 aromatic heterocycles. The summed E-state index contributed by atoms with van der Waals surface area (Å²) in [5, 5.41) is 0. The lowest BCUT2D eigenvalue weighted by Gasteiger charge is -1.83. The number of allylic oxidation sites excluding steroid dienone is 4. The molecule has 0 aromatic rings. The lowest BCUT2D eigenvalue weighted by Crippen LogP contribution is -1.78. The van der Waals surface area contributed by atoms with Crippen LogP contribution < -0.4 is 0 Å². The van der Waals surface area contributed by atoms with E-state index in [0.29, 0.717) is 0 Å². The third kappa shape index (κ3) is 7.15. The molecule has 10 heavy (non-hydrogen) atoms. The van der Waals surface area contributed by atoms with Crippen LogP contribution in [-0.2, 0) is 4.79 Å². The Morgan fingerprint density at radius 2 is 1.90 bits per heavy atom.